The molecule has 0 bridgehead atoms. The van der Waals surface area contributed by atoms with Crippen molar-refractivity contribution in [3.63, 3.8) is 0 Å². The summed E-state index contributed by atoms with van der Waals surface area (Å²) in [6.07, 6.45) is 0.733. The van der Waals surface area contributed by atoms with E-state index in [-0.39, 0.29) is 17.0 Å². The van der Waals surface area contributed by atoms with Crippen molar-refractivity contribution in [2.75, 3.05) is 0 Å². The van der Waals surface area contributed by atoms with Crippen LogP contribution in [0.3, 0.4) is 0 Å². The van der Waals surface area contributed by atoms with E-state index < -0.39 is 30.1 Å². The summed E-state index contributed by atoms with van der Waals surface area (Å²) >= 11 is -2.66. The van der Waals surface area contributed by atoms with Gasteiger partial charge in [-0.25, -0.2) is 0 Å². The Kier molecular flexibility index (Phi) is 4.81. The van der Waals surface area contributed by atoms with Crippen LogP contribution in [0.4, 0.5) is 0 Å². The molecule has 0 saturated heterocycles. The van der Waals surface area contributed by atoms with Crippen LogP contribution in [-0.4, -0.2) is 21.5 Å². The fourth-order valence-corrected chi connectivity index (χ4v) is 7.18. The van der Waals surface area contributed by atoms with Gasteiger partial charge in [0.05, 0.1) is 0 Å². The van der Waals surface area contributed by atoms with Crippen molar-refractivity contribution in [1.82, 2.24) is 0 Å². The van der Waals surface area contributed by atoms with Gasteiger partial charge >= 0.3 is 132 Å². The summed E-state index contributed by atoms with van der Waals surface area (Å²) in [5.74, 6) is -0.576. The summed E-state index contributed by atoms with van der Waals surface area (Å²) in [4.78, 5) is 36.3. The predicted molar refractivity (Wildman–Crippen MR) is 87.7 cm³/mol. The molecule has 0 atom stereocenters. The van der Waals surface area contributed by atoms with Crippen molar-refractivity contribution in [3.05, 3.63) is 33.9 Å². The summed E-state index contributed by atoms with van der Waals surface area (Å²) < 4.78 is 5.57. The molecule has 0 amide bonds. The first kappa shape index (κ1) is 16.1. The second-order valence-corrected chi connectivity index (χ2v) is 10.5. The van der Waals surface area contributed by atoms with Gasteiger partial charge in [0.25, 0.3) is 0 Å². The molecule has 0 heterocycles. The molecular formula is C16H19IO4. The maximum absolute atomic E-state index is 12.4. The Hall–Kier alpha value is -1.24. The molecule has 1 saturated carbocycles. The quantitative estimate of drug-likeness (QED) is 0.443. The van der Waals surface area contributed by atoms with Crippen molar-refractivity contribution in [2.24, 2.45) is 5.41 Å². The van der Waals surface area contributed by atoms with Crippen LogP contribution in [0.1, 0.15) is 33.6 Å². The first-order valence-corrected chi connectivity index (χ1v) is 9.99. The SMILES string of the molecule is CC(=O)OI(c1ccccc1)C1C(=O)CC(C)(C)CC1=O. The molecule has 5 heteroatoms. The van der Waals surface area contributed by atoms with Crippen LogP contribution in [0.2, 0.25) is 0 Å². The number of rotatable bonds is 3. The Morgan fingerprint density at radius 2 is 1.67 bits per heavy atom. The molecule has 0 N–H and O–H groups in total. The normalized spacial score (nSPS) is 19.3. The molecule has 1 fully saturated rings. The number of carbonyl (C=O) groups is 3. The first-order valence-electron chi connectivity index (χ1n) is 6.78. The molecule has 1 aromatic carbocycles. The van der Waals surface area contributed by atoms with Crippen LogP contribution in [-0.2, 0) is 17.4 Å². The Bertz CT molecular complexity index is 545. The number of ketones is 2. The summed E-state index contributed by atoms with van der Waals surface area (Å²) in [5.41, 5.74) is -0.292. The predicted octanol–water partition coefficient (Wildman–Crippen LogP) is 3.17. The second-order valence-electron chi connectivity index (χ2n) is 5.95. The van der Waals surface area contributed by atoms with Crippen LogP contribution in [0, 0.1) is 8.99 Å². The number of hydrogen-bond donors (Lipinski definition) is 0. The van der Waals surface area contributed by atoms with E-state index in [0.717, 1.165) is 3.57 Å². The zero-order chi connectivity index (χ0) is 15.6. The minimum atomic E-state index is -2.66. The number of halogens is 1. The van der Waals surface area contributed by atoms with Gasteiger partial charge in [-0.05, 0) is 0 Å². The third-order valence-corrected chi connectivity index (χ3v) is 8.77. The molecule has 1 aliphatic carbocycles. The van der Waals surface area contributed by atoms with Crippen molar-refractivity contribution in [3.8, 4) is 0 Å². The average Bonchev–Trinajstić information content (AvgIpc) is 2.36. The van der Waals surface area contributed by atoms with E-state index in [4.69, 9.17) is 3.07 Å². The fourth-order valence-electron chi connectivity index (χ4n) is 2.46. The van der Waals surface area contributed by atoms with Gasteiger partial charge in [-0.1, -0.05) is 0 Å². The monoisotopic (exact) mass is 402 g/mol. The Morgan fingerprint density at radius 3 is 2.14 bits per heavy atom. The first-order chi connectivity index (χ1) is 9.80. The molecule has 4 nitrogen and oxygen atoms in total. The van der Waals surface area contributed by atoms with Crippen LogP contribution in [0.25, 0.3) is 0 Å². The minimum absolute atomic E-state index is 0.0773. The number of alkyl halides is 1. The van der Waals surface area contributed by atoms with Gasteiger partial charge in [0.15, 0.2) is 0 Å². The van der Waals surface area contributed by atoms with Gasteiger partial charge in [0.2, 0.25) is 0 Å². The molecule has 0 unspecified atom stereocenters. The van der Waals surface area contributed by atoms with Gasteiger partial charge in [0, 0.05) is 0 Å². The van der Waals surface area contributed by atoms with Crippen LogP contribution in [0.15, 0.2) is 30.3 Å². The molecule has 114 valence electrons. The summed E-state index contributed by atoms with van der Waals surface area (Å²) in [6.45, 7) is 5.17. The Morgan fingerprint density at radius 1 is 1.14 bits per heavy atom. The zero-order valence-corrected chi connectivity index (χ0v) is 14.5. The van der Waals surface area contributed by atoms with Gasteiger partial charge in [0.1, 0.15) is 0 Å². The van der Waals surface area contributed by atoms with E-state index in [1.54, 1.807) is 0 Å². The van der Waals surface area contributed by atoms with E-state index in [2.05, 4.69) is 0 Å². The number of carbonyl (C=O) groups excluding carboxylic acids is 3. The molecule has 0 spiro atoms. The zero-order valence-electron chi connectivity index (χ0n) is 12.4. The van der Waals surface area contributed by atoms with Crippen molar-refractivity contribution in [1.29, 1.82) is 0 Å². The molecule has 1 aromatic rings. The summed E-state index contributed by atoms with van der Waals surface area (Å²) in [6, 6.07) is 9.22. The van der Waals surface area contributed by atoms with Gasteiger partial charge in [-0.15, -0.1) is 0 Å². The van der Waals surface area contributed by atoms with E-state index >= 15 is 0 Å². The van der Waals surface area contributed by atoms with Gasteiger partial charge in [-0.2, -0.15) is 0 Å². The third-order valence-electron chi connectivity index (χ3n) is 3.21. The van der Waals surface area contributed by atoms with Crippen LogP contribution >= 0.6 is 20.2 Å². The van der Waals surface area contributed by atoms with E-state index in [0.29, 0.717) is 12.8 Å². The molecule has 21 heavy (non-hydrogen) atoms. The Balaban J connectivity index is 2.35. The van der Waals surface area contributed by atoms with Gasteiger partial charge in [-0.3, -0.25) is 0 Å². The molecular weight excluding hydrogens is 383 g/mol. The van der Waals surface area contributed by atoms with E-state index in [1.807, 2.05) is 44.2 Å². The summed E-state index contributed by atoms with van der Waals surface area (Å²) in [5, 5.41) is 0. The average molecular weight is 402 g/mol. The number of hydrogen-bond acceptors (Lipinski definition) is 4. The fraction of sp³-hybridized carbons (Fsp3) is 0.438. The number of Topliss-reactive ketones (excluding diaryl/α,β-unsaturated/α-hetero) is 2. The molecule has 0 aliphatic heterocycles. The molecule has 0 radical (unpaired) electrons. The van der Waals surface area contributed by atoms with E-state index in [9.17, 15) is 14.4 Å². The van der Waals surface area contributed by atoms with E-state index in [1.165, 1.54) is 6.92 Å². The Labute approximate surface area is 132 Å². The second kappa shape index (κ2) is 6.25. The van der Waals surface area contributed by atoms with Crippen molar-refractivity contribution >= 4 is 37.8 Å². The van der Waals surface area contributed by atoms with Crippen LogP contribution < -0.4 is 0 Å². The topological polar surface area (TPSA) is 60.4 Å². The molecule has 1 aliphatic rings. The van der Waals surface area contributed by atoms with Crippen molar-refractivity contribution in [2.45, 2.75) is 37.5 Å². The number of benzene rings is 1. The third kappa shape index (κ3) is 3.90. The molecule has 2 rings (SSSR count). The van der Waals surface area contributed by atoms with Crippen LogP contribution in [0.5, 0.6) is 0 Å². The summed E-state index contributed by atoms with van der Waals surface area (Å²) in [7, 11) is 0. The molecule has 0 aromatic heterocycles. The van der Waals surface area contributed by atoms with Gasteiger partial charge < -0.3 is 0 Å². The van der Waals surface area contributed by atoms with Crippen molar-refractivity contribution < 1.29 is 17.4 Å². The maximum atomic E-state index is 12.4. The standard InChI is InChI=1S/C16H19IO4/c1-11(18)21-17(12-7-5-4-6-8-12)15-13(19)9-16(2,3)10-14(15)20/h4-8,15H,9-10H2,1-3H3.